The molecule has 1 heterocycles. The van der Waals surface area contributed by atoms with Crippen LogP contribution in [0.5, 0.6) is 0 Å². The Bertz CT molecular complexity index is 774. The lowest BCUT2D eigenvalue weighted by atomic mass is 9.95. The van der Waals surface area contributed by atoms with Crippen LogP contribution in [0.4, 0.5) is 17.1 Å². The van der Waals surface area contributed by atoms with Gasteiger partial charge in [0.25, 0.3) is 5.69 Å². The van der Waals surface area contributed by atoms with E-state index in [9.17, 15) is 14.9 Å². The zero-order valence-electron chi connectivity index (χ0n) is 13.5. The van der Waals surface area contributed by atoms with Gasteiger partial charge in [-0.15, -0.1) is 0 Å². The molecule has 1 aliphatic heterocycles. The molecule has 130 valence electrons. The van der Waals surface area contributed by atoms with E-state index >= 15 is 0 Å². The third-order valence-corrected chi connectivity index (χ3v) is 4.69. The fourth-order valence-electron chi connectivity index (χ4n) is 3.01. The van der Waals surface area contributed by atoms with Crippen LogP contribution < -0.4 is 10.2 Å². The first kappa shape index (κ1) is 17.2. The largest absolute Gasteiger partial charge is 0.370 e. The molecule has 2 aromatic rings. The SMILES string of the molecule is O=C(Nc1ccccc1)C1CCN(c2ccc([N+](=O)[O-])cc2Cl)CC1. The Labute approximate surface area is 150 Å². The molecule has 0 radical (unpaired) electrons. The van der Waals surface area contributed by atoms with Crippen LogP contribution in [0.2, 0.25) is 5.02 Å². The molecule has 6 nitrogen and oxygen atoms in total. The van der Waals surface area contributed by atoms with Crippen molar-refractivity contribution in [2.45, 2.75) is 12.8 Å². The van der Waals surface area contributed by atoms with Gasteiger partial charge in [-0.2, -0.15) is 0 Å². The Morgan fingerprint density at radius 2 is 1.84 bits per heavy atom. The molecular formula is C18H18ClN3O3. The molecule has 0 saturated carbocycles. The molecule has 1 fully saturated rings. The van der Waals surface area contributed by atoms with Crippen molar-refractivity contribution in [3.8, 4) is 0 Å². The molecule has 1 aliphatic rings. The first-order valence-corrected chi connectivity index (χ1v) is 8.47. The number of anilines is 2. The topological polar surface area (TPSA) is 75.5 Å². The maximum absolute atomic E-state index is 12.4. The number of piperidine rings is 1. The summed E-state index contributed by atoms with van der Waals surface area (Å²) in [6, 6.07) is 13.9. The molecule has 0 spiro atoms. The van der Waals surface area contributed by atoms with Crippen molar-refractivity contribution in [2.24, 2.45) is 5.92 Å². The van der Waals surface area contributed by atoms with Crippen molar-refractivity contribution in [3.63, 3.8) is 0 Å². The quantitative estimate of drug-likeness (QED) is 0.658. The molecule has 1 saturated heterocycles. The van der Waals surface area contributed by atoms with Crippen LogP contribution >= 0.6 is 11.6 Å². The van der Waals surface area contributed by atoms with Crippen LogP contribution in [0.25, 0.3) is 0 Å². The van der Waals surface area contributed by atoms with E-state index in [4.69, 9.17) is 11.6 Å². The number of hydrogen-bond donors (Lipinski definition) is 1. The second kappa shape index (κ2) is 7.53. The van der Waals surface area contributed by atoms with Gasteiger partial charge in [0.15, 0.2) is 0 Å². The number of nitrogens with one attached hydrogen (secondary N) is 1. The Hall–Kier alpha value is -2.60. The van der Waals surface area contributed by atoms with Gasteiger partial charge in [-0.3, -0.25) is 14.9 Å². The number of carbonyl (C=O) groups is 1. The predicted octanol–water partition coefficient (Wildman–Crippen LogP) is 4.10. The number of rotatable bonds is 4. The summed E-state index contributed by atoms with van der Waals surface area (Å²) in [6.07, 6.45) is 1.43. The van der Waals surface area contributed by atoms with Gasteiger partial charge in [0, 0.05) is 36.8 Å². The minimum atomic E-state index is -0.462. The van der Waals surface area contributed by atoms with Gasteiger partial charge in [0.2, 0.25) is 5.91 Å². The van der Waals surface area contributed by atoms with Crippen LogP contribution in [0.3, 0.4) is 0 Å². The molecule has 7 heteroatoms. The van der Waals surface area contributed by atoms with E-state index in [0.717, 1.165) is 11.4 Å². The van der Waals surface area contributed by atoms with Crippen molar-refractivity contribution in [1.82, 2.24) is 0 Å². The molecule has 0 aliphatic carbocycles. The Morgan fingerprint density at radius 1 is 1.16 bits per heavy atom. The molecule has 1 amide bonds. The van der Waals surface area contributed by atoms with E-state index in [-0.39, 0.29) is 17.5 Å². The van der Waals surface area contributed by atoms with E-state index in [1.54, 1.807) is 6.07 Å². The Kier molecular flexibility index (Phi) is 5.19. The lowest BCUT2D eigenvalue weighted by molar-refractivity contribution is -0.384. The van der Waals surface area contributed by atoms with E-state index in [1.807, 2.05) is 30.3 Å². The number of halogens is 1. The van der Waals surface area contributed by atoms with Crippen LogP contribution in [0.1, 0.15) is 12.8 Å². The lowest BCUT2D eigenvalue weighted by Crippen LogP contribution is -2.38. The van der Waals surface area contributed by atoms with Crippen LogP contribution in [0, 0.1) is 16.0 Å². The van der Waals surface area contributed by atoms with Gasteiger partial charge in [-0.25, -0.2) is 0 Å². The highest BCUT2D eigenvalue weighted by atomic mass is 35.5. The second-order valence-corrected chi connectivity index (χ2v) is 6.42. The van der Waals surface area contributed by atoms with E-state index in [2.05, 4.69) is 10.2 Å². The fraction of sp³-hybridized carbons (Fsp3) is 0.278. The van der Waals surface area contributed by atoms with Crippen molar-refractivity contribution < 1.29 is 9.72 Å². The maximum Gasteiger partial charge on any atom is 0.271 e. The minimum absolute atomic E-state index is 0.0223. The molecule has 0 atom stereocenters. The summed E-state index contributed by atoms with van der Waals surface area (Å²) in [5.74, 6) is -0.0195. The number of nitro groups is 1. The second-order valence-electron chi connectivity index (χ2n) is 6.01. The number of non-ortho nitro benzene ring substituents is 1. The number of hydrogen-bond acceptors (Lipinski definition) is 4. The summed E-state index contributed by atoms with van der Waals surface area (Å²) >= 11 is 6.19. The summed E-state index contributed by atoms with van der Waals surface area (Å²) in [7, 11) is 0. The molecular weight excluding hydrogens is 342 g/mol. The van der Waals surface area contributed by atoms with E-state index < -0.39 is 4.92 Å². The molecule has 0 bridgehead atoms. The summed E-state index contributed by atoms with van der Waals surface area (Å²) in [4.78, 5) is 24.8. The third kappa shape index (κ3) is 4.09. The van der Waals surface area contributed by atoms with Crippen molar-refractivity contribution >= 4 is 34.6 Å². The smallest absolute Gasteiger partial charge is 0.271 e. The summed E-state index contributed by atoms with van der Waals surface area (Å²) in [5.41, 5.74) is 1.55. The van der Waals surface area contributed by atoms with Gasteiger partial charge in [0.05, 0.1) is 15.6 Å². The maximum atomic E-state index is 12.4. The predicted molar refractivity (Wildman–Crippen MR) is 98.1 cm³/mol. The molecule has 1 N–H and O–H groups in total. The monoisotopic (exact) mass is 359 g/mol. The van der Waals surface area contributed by atoms with Gasteiger partial charge in [-0.05, 0) is 31.0 Å². The summed E-state index contributed by atoms with van der Waals surface area (Å²) in [5, 5.41) is 14.1. The number of nitro benzene ring substituents is 1. The van der Waals surface area contributed by atoms with Crippen LogP contribution in [0.15, 0.2) is 48.5 Å². The number of carbonyl (C=O) groups excluding carboxylic acids is 1. The molecule has 2 aromatic carbocycles. The van der Waals surface area contributed by atoms with E-state index in [0.29, 0.717) is 31.0 Å². The van der Waals surface area contributed by atoms with Crippen molar-refractivity contribution in [3.05, 3.63) is 63.7 Å². The summed E-state index contributed by atoms with van der Waals surface area (Å²) in [6.45, 7) is 1.37. The number of amides is 1. The first-order chi connectivity index (χ1) is 12.0. The number of para-hydroxylation sites is 1. The van der Waals surface area contributed by atoms with Crippen molar-refractivity contribution in [2.75, 3.05) is 23.3 Å². The molecule has 0 aromatic heterocycles. The highest BCUT2D eigenvalue weighted by Crippen LogP contribution is 2.32. The normalized spacial score (nSPS) is 15.0. The zero-order valence-corrected chi connectivity index (χ0v) is 14.3. The van der Waals surface area contributed by atoms with Gasteiger partial charge in [-0.1, -0.05) is 29.8 Å². The number of nitrogens with zero attached hydrogens (tertiary/aromatic N) is 2. The highest BCUT2D eigenvalue weighted by Gasteiger charge is 2.26. The Balaban J connectivity index is 1.60. The van der Waals surface area contributed by atoms with Crippen LogP contribution in [-0.2, 0) is 4.79 Å². The number of benzene rings is 2. The summed E-state index contributed by atoms with van der Waals surface area (Å²) < 4.78 is 0. The lowest BCUT2D eigenvalue weighted by Gasteiger charge is -2.33. The van der Waals surface area contributed by atoms with Gasteiger partial charge < -0.3 is 10.2 Å². The minimum Gasteiger partial charge on any atom is -0.370 e. The van der Waals surface area contributed by atoms with Crippen molar-refractivity contribution in [1.29, 1.82) is 0 Å². The van der Waals surface area contributed by atoms with Gasteiger partial charge >= 0.3 is 0 Å². The molecule has 3 rings (SSSR count). The molecule has 25 heavy (non-hydrogen) atoms. The standard InChI is InChI=1S/C18H18ClN3O3/c19-16-12-15(22(24)25)6-7-17(16)21-10-8-13(9-11-21)18(23)20-14-4-2-1-3-5-14/h1-7,12-13H,8-11H2,(H,20,23). The van der Waals surface area contributed by atoms with Crippen LogP contribution in [-0.4, -0.2) is 23.9 Å². The Morgan fingerprint density at radius 3 is 2.44 bits per heavy atom. The fourth-order valence-corrected chi connectivity index (χ4v) is 3.31. The zero-order chi connectivity index (χ0) is 17.8. The van der Waals surface area contributed by atoms with E-state index in [1.165, 1.54) is 12.1 Å². The molecule has 0 unspecified atom stereocenters. The van der Waals surface area contributed by atoms with Gasteiger partial charge in [0.1, 0.15) is 0 Å². The third-order valence-electron chi connectivity index (χ3n) is 4.39. The highest BCUT2D eigenvalue weighted by molar-refractivity contribution is 6.33. The average Bonchev–Trinajstić information content (AvgIpc) is 2.62. The average molecular weight is 360 g/mol. The first-order valence-electron chi connectivity index (χ1n) is 8.09.